The molecule has 0 saturated carbocycles. The number of carbonyl (C=O) groups is 1. The molecule has 2 aromatic heterocycles. The van der Waals surface area contributed by atoms with Gasteiger partial charge in [-0.25, -0.2) is 9.36 Å². The number of carbonyl (C=O) groups excluding carboxylic acids is 1. The van der Waals surface area contributed by atoms with Crippen LogP contribution in [0.15, 0.2) is 35.1 Å². The van der Waals surface area contributed by atoms with Crippen molar-refractivity contribution in [2.24, 2.45) is 0 Å². The van der Waals surface area contributed by atoms with E-state index in [1.54, 1.807) is 11.6 Å². The van der Waals surface area contributed by atoms with Crippen molar-refractivity contribution in [2.75, 3.05) is 6.54 Å². The summed E-state index contributed by atoms with van der Waals surface area (Å²) in [7, 11) is 0. The zero-order chi connectivity index (χ0) is 19.6. The highest BCUT2D eigenvalue weighted by molar-refractivity contribution is 5.84. The lowest BCUT2D eigenvalue weighted by Crippen LogP contribution is -2.37. The van der Waals surface area contributed by atoms with Crippen LogP contribution in [0, 0.1) is 13.8 Å². The smallest absolute Gasteiger partial charge is 0.295 e. The predicted molar refractivity (Wildman–Crippen MR) is 105 cm³/mol. The minimum absolute atomic E-state index is 0.212. The first-order chi connectivity index (χ1) is 13.0. The van der Waals surface area contributed by atoms with Crippen molar-refractivity contribution in [2.45, 2.75) is 46.6 Å². The number of hydrogen-bond acceptors (Lipinski definition) is 4. The lowest BCUT2D eigenvalue weighted by molar-refractivity contribution is -0.124. The molecule has 1 atom stereocenters. The molecule has 3 aromatic rings. The number of unbranched alkanes of at least 4 members (excludes halogenated alkanes) is 1. The van der Waals surface area contributed by atoms with Crippen LogP contribution in [0.25, 0.3) is 16.6 Å². The standard InChI is InChI=1S/C20H25N5O2/c1-5-6-12-21-19(26)15(4)25-20(27)18-17(13(2)22-25)14(3)24(23-18)16-10-8-7-9-11-16/h7-11,15H,5-6,12H2,1-4H3,(H,21,26)/t15-/m0/s1. The number of para-hydroxylation sites is 1. The van der Waals surface area contributed by atoms with Crippen LogP contribution in [0.1, 0.15) is 44.1 Å². The van der Waals surface area contributed by atoms with E-state index in [1.807, 2.05) is 44.2 Å². The summed E-state index contributed by atoms with van der Waals surface area (Å²) in [6.07, 6.45) is 1.90. The maximum Gasteiger partial charge on any atom is 0.295 e. The first-order valence-corrected chi connectivity index (χ1v) is 9.27. The van der Waals surface area contributed by atoms with Gasteiger partial charge in [-0.2, -0.15) is 10.2 Å². The zero-order valence-electron chi connectivity index (χ0n) is 16.2. The van der Waals surface area contributed by atoms with Crippen LogP contribution in [0.5, 0.6) is 0 Å². The Morgan fingerprint density at radius 3 is 2.56 bits per heavy atom. The molecule has 0 aliphatic rings. The topological polar surface area (TPSA) is 81.8 Å². The molecular formula is C20H25N5O2. The SMILES string of the molecule is CCCCNC(=O)[C@H](C)n1nc(C)c2c(C)n(-c3ccccc3)nc2c1=O. The fourth-order valence-electron chi connectivity index (χ4n) is 3.18. The van der Waals surface area contributed by atoms with Crippen LogP contribution in [0.3, 0.4) is 0 Å². The number of benzene rings is 1. The molecule has 7 nitrogen and oxygen atoms in total. The van der Waals surface area contributed by atoms with Crippen molar-refractivity contribution in [3.63, 3.8) is 0 Å². The highest BCUT2D eigenvalue weighted by Gasteiger charge is 2.22. The van der Waals surface area contributed by atoms with Crippen molar-refractivity contribution < 1.29 is 4.79 Å². The fraction of sp³-hybridized carbons (Fsp3) is 0.400. The number of amides is 1. The van der Waals surface area contributed by atoms with Crippen molar-refractivity contribution in [1.82, 2.24) is 24.9 Å². The molecule has 0 aliphatic carbocycles. The van der Waals surface area contributed by atoms with Gasteiger partial charge in [-0.3, -0.25) is 9.59 Å². The van der Waals surface area contributed by atoms with Crippen LogP contribution in [0.2, 0.25) is 0 Å². The summed E-state index contributed by atoms with van der Waals surface area (Å²) in [5.41, 5.74) is 2.38. The molecule has 2 heterocycles. The number of hydrogen-bond donors (Lipinski definition) is 1. The molecule has 0 radical (unpaired) electrons. The summed E-state index contributed by atoms with van der Waals surface area (Å²) in [6.45, 7) is 8.09. The first-order valence-electron chi connectivity index (χ1n) is 9.27. The Labute approximate surface area is 158 Å². The van der Waals surface area contributed by atoms with Gasteiger partial charge in [0.2, 0.25) is 5.91 Å². The molecule has 1 aromatic carbocycles. The Balaban J connectivity index is 2.06. The molecule has 0 unspecified atom stereocenters. The average Bonchev–Trinajstić information content (AvgIpc) is 3.03. The second-order valence-electron chi connectivity index (χ2n) is 6.71. The highest BCUT2D eigenvalue weighted by atomic mass is 16.2. The van der Waals surface area contributed by atoms with Gasteiger partial charge in [0.25, 0.3) is 5.56 Å². The van der Waals surface area contributed by atoms with E-state index in [4.69, 9.17) is 0 Å². The monoisotopic (exact) mass is 367 g/mol. The molecule has 0 spiro atoms. The van der Waals surface area contributed by atoms with Gasteiger partial charge in [-0.15, -0.1) is 0 Å². The first kappa shape index (κ1) is 18.8. The highest BCUT2D eigenvalue weighted by Crippen LogP contribution is 2.21. The van der Waals surface area contributed by atoms with E-state index < -0.39 is 6.04 Å². The Hall–Kier alpha value is -2.96. The van der Waals surface area contributed by atoms with E-state index in [2.05, 4.69) is 22.4 Å². The minimum Gasteiger partial charge on any atom is -0.354 e. The Bertz CT molecular complexity index is 1020. The second-order valence-corrected chi connectivity index (χ2v) is 6.71. The Morgan fingerprint density at radius 2 is 1.89 bits per heavy atom. The normalized spacial score (nSPS) is 12.3. The maximum absolute atomic E-state index is 13.0. The van der Waals surface area contributed by atoms with Crippen molar-refractivity contribution in [3.8, 4) is 5.69 Å². The minimum atomic E-state index is -0.695. The molecule has 7 heteroatoms. The van der Waals surface area contributed by atoms with Gasteiger partial charge in [-0.05, 0) is 39.3 Å². The number of aromatic nitrogens is 4. The van der Waals surface area contributed by atoms with Gasteiger partial charge in [0.1, 0.15) is 6.04 Å². The third-order valence-electron chi connectivity index (χ3n) is 4.72. The van der Waals surface area contributed by atoms with Gasteiger partial charge in [-0.1, -0.05) is 31.5 Å². The molecule has 3 rings (SSSR count). The summed E-state index contributed by atoms with van der Waals surface area (Å²) in [6, 6.07) is 8.95. The molecule has 1 amide bonds. The number of nitrogens with one attached hydrogen (secondary N) is 1. The van der Waals surface area contributed by atoms with Crippen LogP contribution in [0.4, 0.5) is 0 Å². The lowest BCUT2D eigenvalue weighted by Gasteiger charge is -2.14. The van der Waals surface area contributed by atoms with Gasteiger partial charge < -0.3 is 5.32 Å². The predicted octanol–water partition coefficient (Wildman–Crippen LogP) is 2.68. The molecule has 0 aliphatic heterocycles. The van der Waals surface area contributed by atoms with Gasteiger partial charge in [0.05, 0.1) is 22.5 Å². The zero-order valence-corrected chi connectivity index (χ0v) is 16.2. The van der Waals surface area contributed by atoms with E-state index >= 15 is 0 Å². The molecule has 27 heavy (non-hydrogen) atoms. The molecule has 1 N–H and O–H groups in total. The van der Waals surface area contributed by atoms with Gasteiger partial charge >= 0.3 is 0 Å². The average molecular weight is 367 g/mol. The number of nitrogens with zero attached hydrogens (tertiary/aromatic N) is 4. The van der Waals surface area contributed by atoms with Crippen molar-refractivity contribution in [1.29, 1.82) is 0 Å². The second kappa shape index (κ2) is 7.73. The quantitative estimate of drug-likeness (QED) is 0.679. The van der Waals surface area contributed by atoms with E-state index in [-0.39, 0.29) is 11.5 Å². The van der Waals surface area contributed by atoms with E-state index in [0.29, 0.717) is 17.8 Å². The van der Waals surface area contributed by atoms with Crippen molar-refractivity contribution >= 4 is 16.8 Å². The Kier molecular flexibility index (Phi) is 5.39. The van der Waals surface area contributed by atoms with Crippen LogP contribution in [-0.4, -0.2) is 32.0 Å². The summed E-state index contributed by atoms with van der Waals surface area (Å²) < 4.78 is 2.98. The molecular weight excluding hydrogens is 342 g/mol. The van der Waals surface area contributed by atoms with Crippen LogP contribution < -0.4 is 10.9 Å². The molecule has 142 valence electrons. The summed E-state index contributed by atoms with van der Waals surface area (Å²) in [5.74, 6) is -0.212. The summed E-state index contributed by atoms with van der Waals surface area (Å²) >= 11 is 0. The largest absolute Gasteiger partial charge is 0.354 e. The van der Waals surface area contributed by atoms with Crippen LogP contribution >= 0.6 is 0 Å². The maximum atomic E-state index is 13.0. The summed E-state index contributed by atoms with van der Waals surface area (Å²) in [5, 5.41) is 12.5. The third kappa shape index (κ3) is 3.49. The third-order valence-corrected chi connectivity index (χ3v) is 4.72. The summed E-state index contributed by atoms with van der Waals surface area (Å²) in [4.78, 5) is 25.4. The van der Waals surface area contributed by atoms with Gasteiger partial charge in [0.15, 0.2) is 5.52 Å². The van der Waals surface area contributed by atoms with E-state index in [0.717, 1.165) is 29.6 Å². The number of aryl methyl sites for hydroxylation is 2. The fourth-order valence-corrected chi connectivity index (χ4v) is 3.18. The Morgan fingerprint density at radius 1 is 1.19 bits per heavy atom. The number of fused-ring (bicyclic) bond motifs is 1. The van der Waals surface area contributed by atoms with Crippen LogP contribution in [-0.2, 0) is 4.79 Å². The van der Waals surface area contributed by atoms with E-state index in [9.17, 15) is 9.59 Å². The van der Waals surface area contributed by atoms with Crippen molar-refractivity contribution in [3.05, 3.63) is 52.1 Å². The molecule has 0 bridgehead atoms. The van der Waals surface area contributed by atoms with Gasteiger partial charge in [0, 0.05) is 6.54 Å². The van der Waals surface area contributed by atoms with E-state index in [1.165, 1.54) is 4.68 Å². The molecule has 0 fully saturated rings. The lowest BCUT2D eigenvalue weighted by atomic mass is 10.2. The molecule has 0 saturated heterocycles. The number of rotatable bonds is 6.